The number of methoxy groups -OCH3 is 1. The molecule has 1 aromatic rings. The lowest BCUT2D eigenvalue weighted by atomic mass is 9.83. The van der Waals surface area contributed by atoms with E-state index in [0.717, 1.165) is 29.5 Å². The van der Waals surface area contributed by atoms with E-state index >= 15 is 0 Å². The van der Waals surface area contributed by atoms with Gasteiger partial charge < -0.3 is 14.8 Å². The molecule has 1 fully saturated rings. The lowest BCUT2D eigenvalue weighted by molar-refractivity contribution is -0.665. The molecule has 4 nitrogen and oxygen atoms in total. The summed E-state index contributed by atoms with van der Waals surface area (Å²) < 4.78 is 12.0. The van der Waals surface area contributed by atoms with Crippen LogP contribution in [0.25, 0.3) is 0 Å². The van der Waals surface area contributed by atoms with Crippen LogP contribution in [0.1, 0.15) is 37.0 Å². The van der Waals surface area contributed by atoms with E-state index in [2.05, 4.69) is 27.9 Å². The molecule has 0 bridgehead atoms. The molecule has 0 unspecified atom stereocenters. The molecule has 2 N–H and O–H groups in total. The second-order valence-electron chi connectivity index (χ2n) is 5.98. The number of piperidine rings is 1. The third kappa shape index (κ3) is 4.10. The van der Waals surface area contributed by atoms with Gasteiger partial charge in [-0.15, -0.1) is 0 Å². The van der Waals surface area contributed by atoms with Gasteiger partial charge in [0.25, 0.3) is 0 Å². The zero-order valence-corrected chi connectivity index (χ0v) is 15.0. The first-order chi connectivity index (χ1) is 9.94. The maximum atomic E-state index is 12.4. The monoisotopic (exact) mass is 404 g/mol. The van der Waals surface area contributed by atoms with E-state index in [9.17, 15) is 4.79 Å². The highest BCUT2D eigenvalue weighted by Crippen LogP contribution is 2.30. The Bertz CT molecular complexity index is 510. The molecule has 116 valence electrons. The van der Waals surface area contributed by atoms with E-state index in [1.807, 2.05) is 19.9 Å². The molecule has 0 radical (unpaired) electrons. The number of hydrogen-bond acceptors (Lipinski definition) is 3. The summed E-state index contributed by atoms with van der Waals surface area (Å²) in [5, 5.41) is 2.32. The van der Waals surface area contributed by atoms with Crippen molar-refractivity contribution in [2.45, 2.75) is 32.3 Å². The van der Waals surface area contributed by atoms with Crippen LogP contribution in [-0.2, 0) is 4.74 Å². The molecular weight excluding hydrogens is 381 g/mol. The smallest absolute Gasteiger partial charge is 0.338 e. The van der Waals surface area contributed by atoms with Crippen LogP contribution in [0.3, 0.4) is 0 Å². The summed E-state index contributed by atoms with van der Waals surface area (Å²) in [7, 11) is 1.61. The molecule has 21 heavy (non-hydrogen) atoms. The molecule has 1 saturated heterocycles. The van der Waals surface area contributed by atoms with Crippen LogP contribution < -0.4 is 10.1 Å². The van der Waals surface area contributed by atoms with E-state index in [-0.39, 0.29) is 5.97 Å². The number of halogens is 1. The minimum absolute atomic E-state index is 0.274. The fraction of sp³-hybridized carbons (Fsp3) is 0.562. The van der Waals surface area contributed by atoms with Gasteiger partial charge in [-0.2, -0.15) is 0 Å². The minimum atomic E-state index is -0.429. The molecule has 1 aliphatic rings. The number of hydrogen-bond donors (Lipinski definition) is 1. The molecule has 0 atom stereocenters. The Morgan fingerprint density at radius 3 is 2.62 bits per heavy atom. The van der Waals surface area contributed by atoms with Crippen LogP contribution in [0.4, 0.5) is 0 Å². The number of esters is 1. The molecule has 1 aromatic carbocycles. The Morgan fingerprint density at radius 2 is 2.00 bits per heavy atom. The van der Waals surface area contributed by atoms with E-state index in [1.54, 1.807) is 19.2 Å². The van der Waals surface area contributed by atoms with Gasteiger partial charge in [0.1, 0.15) is 11.4 Å². The second-order valence-corrected chi connectivity index (χ2v) is 7.14. The van der Waals surface area contributed by atoms with E-state index in [4.69, 9.17) is 9.47 Å². The fourth-order valence-corrected chi connectivity index (χ4v) is 3.35. The van der Waals surface area contributed by atoms with Gasteiger partial charge in [0.15, 0.2) is 0 Å². The van der Waals surface area contributed by atoms with Gasteiger partial charge in [-0.1, -0.05) is 0 Å². The normalized spacial score (nSPS) is 16.6. The van der Waals surface area contributed by atoms with E-state index in [0.29, 0.717) is 17.2 Å². The third-order valence-corrected chi connectivity index (χ3v) is 5.06. The maximum absolute atomic E-state index is 12.4. The lowest BCUT2D eigenvalue weighted by Crippen LogP contribution is -2.86. The Morgan fingerprint density at radius 1 is 1.33 bits per heavy atom. The van der Waals surface area contributed by atoms with Crippen molar-refractivity contribution in [2.24, 2.45) is 5.92 Å². The molecule has 0 amide bonds. The molecule has 1 aliphatic heterocycles. The summed E-state index contributed by atoms with van der Waals surface area (Å²) in [5.74, 6) is 0.858. The van der Waals surface area contributed by atoms with Crippen LogP contribution in [0.5, 0.6) is 5.75 Å². The van der Waals surface area contributed by atoms with Crippen molar-refractivity contribution in [3.63, 3.8) is 0 Å². The number of rotatable bonds is 4. The topological polar surface area (TPSA) is 52.1 Å². The van der Waals surface area contributed by atoms with Gasteiger partial charge in [0.2, 0.25) is 0 Å². The van der Waals surface area contributed by atoms with Gasteiger partial charge in [0.05, 0.1) is 29.3 Å². The molecule has 0 aliphatic carbocycles. The highest BCUT2D eigenvalue weighted by Gasteiger charge is 2.35. The summed E-state index contributed by atoms with van der Waals surface area (Å²) in [5.41, 5.74) is 0.115. The third-order valence-electron chi connectivity index (χ3n) is 4.16. The van der Waals surface area contributed by atoms with Crippen molar-refractivity contribution in [1.29, 1.82) is 0 Å². The molecule has 0 spiro atoms. The van der Waals surface area contributed by atoms with Crippen molar-refractivity contribution < 1.29 is 19.6 Å². The second kappa shape index (κ2) is 6.96. The van der Waals surface area contributed by atoms with Gasteiger partial charge in [-0.05, 0) is 54.6 Å². The first-order valence-electron chi connectivity index (χ1n) is 7.32. The summed E-state index contributed by atoms with van der Waals surface area (Å²) >= 11 is 2.18. The molecule has 5 heteroatoms. The molecule has 1 heterocycles. The largest absolute Gasteiger partial charge is 0.496 e. The summed E-state index contributed by atoms with van der Waals surface area (Å²) in [6, 6.07) is 5.41. The van der Waals surface area contributed by atoms with Gasteiger partial charge in [-0.3, -0.25) is 0 Å². The first kappa shape index (κ1) is 16.5. The van der Waals surface area contributed by atoms with Crippen LogP contribution in [0, 0.1) is 9.49 Å². The summed E-state index contributed by atoms with van der Waals surface area (Å²) in [6.07, 6.45) is 2.19. The predicted octanol–water partition coefficient (Wildman–Crippen LogP) is 2.21. The van der Waals surface area contributed by atoms with E-state index in [1.165, 1.54) is 0 Å². The zero-order chi connectivity index (χ0) is 15.5. The predicted molar refractivity (Wildman–Crippen MR) is 89.6 cm³/mol. The van der Waals surface area contributed by atoms with Crippen molar-refractivity contribution in [3.05, 3.63) is 27.3 Å². The molecule has 0 saturated carbocycles. The van der Waals surface area contributed by atoms with Crippen molar-refractivity contribution >= 4 is 28.6 Å². The van der Waals surface area contributed by atoms with Crippen molar-refractivity contribution in [2.75, 3.05) is 20.2 Å². The highest BCUT2D eigenvalue weighted by molar-refractivity contribution is 14.1. The summed E-state index contributed by atoms with van der Waals surface area (Å²) in [6.45, 7) is 6.27. The quantitative estimate of drug-likeness (QED) is 0.619. The van der Waals surface area contributed by atoms with Crippen molar-refractivity contribution in [3.8, 4) is 5.75 Å². The average Bonchev–Trinajstić information content (AvgIpc) is 2.48. The Kier molecular flexibility index (Phi) is 5.48. The maximum Gasteiger partial charge on any atom is 0.338 e. The van der Waals surface area contributed by atoms with Crippen LogP contribution >= 0.6 is 22.6 Å². The number of nitrogens with two attached hydrogens (primary N) is 1. The number of benzene rings is 1. The zero-order valence-electron chi connectivity index (χ0n) is 12.8. The minimum Gasteiger partial charge on any atom is -0.496 e. The molecule has 2 rings (SSSR count). The number of carbonyl (C=O) groups excluding carboxylic acids is 1. The summed E-state index contributed by atoms with van der Waals surface area (Å²) in [4.78, 5) is 12.4. The number of quaternary nitrogens is 1. The Labute approximate surface area is 139 Å². The van der Waals surface area contributed by atoms with Crippen LogP contribution in [0.15, 0.2) is 18.2 Å². The van der Waals surface area contributed by atoms with Gasteiger partial charge >= 0.3 is 5.97 Å². The van der Waals surface area contributed by atoms with Crippen molar-refractivity contribution in [1.82, 2.24) is 0 Å². The highest BCUT2D eigenvalue weighted by atomic mass is 127. The first-order valence-corrected chi connectivity index (χ1v) is 8.40. The van der Waals surface area contributed by atoms with Gasteiger partial charge in [-0.25, -0.2) is 4.79 Å². The Hall–Kier alpha value is -0.820. The lowest BCUT2D eigenvalue weighted by Gasteiger charge is -2.35. The average molecular weight is 404 g/mol. The Balaban J connectivity index is 2.09. The van der Waals surface area contributed by atoms with E-state index < -0.39 is 5.60 Å². The molecular formula is C16H23INO3+. The number of carbonyl (C=O) groups is 1. The SMILES string of the molecule is COc1cc(C(=O)OC(C)(C)C2CC[NH2+]CC2)ccc1I. The van der Waals surface area contributed by atoms with Crippen LogP contribution in [0.2, 0.25) is 0 Å². The fourth-order valence-electron chi connectivity index (χ4n) is 2.79. The molecule has 0 aromatic heterocycles. The van der Waals surface area contributed by atoms with Gasteiger partial charge in [0, 0.05) is 18.8 Å². The standard InChI is InChI=1S/C16H22INO3/c1-16(2,12-6-8-18-9-7-12)21-15(19)11-4-5-13(17)14(10-11)20-3/h4-5,10,12,18H,6-9H2,1-3H3/p+1. The van der Waals surface area contributed by atoms with Crippen LogP contribution in [-0.4, -0.2) is 31.8 Å². The number of ether oxygens (including phenoxy) is 2.